The SMILES string of the molecule is CCOC(=O)C1=C(C)Nc2nnnn2C1c1ccccc1OCc1ccccc1. The van der Waals surface area contributed by atoms with Crippen molar-refractivity contribution in [3.63, 3.8) is 0 Å². The summed E-state index contributed by atoms with van der Waals surface area (Å²) in [6, 6.07) is 16.9. The number of nitrogens with one attached hydrogen (secondary N) is 1. The van der Waals surface area contributed by atoms with E-state index < -0.39 is 12.0 Å². The number of aromatic nitrogens is 4. The lowest BCUT2D eigenvalue weighted by Gasteiger charge is -2.28. The van der Waals surface area contributed by atoms with Crippen molar-refractivity contribution in [2.75, 3.05) is 11.9 Å². The van der Waals surface area contributed by atoms with Gasteiger partial charge in [-0.1, -0.05) is 53.6 Å². The Morgan fingerprint density at radius 2 is 1.90 bits per heavy atom. The number of esters is 1. The van der Waals surface area contributed by atoms with Crippen molar-refractivity contribution in [1.82, 2.24) is 20.2 Å². The lowest BCUT2D eigenvalue weighted by atomic mass is 9.95. The van der Waals surface area contributed by atoms with Gasteiger partial charge in [0, 0.05) is 11.3 Å². The number of fused-ring (bicyclic) bond motifs is 1. The number of allylic oxidation sites excluding steroid dienone is 1. The molecule has 148 valence electrons. The van der Waals surface area contributed by atoms with Crippen molar-refractivity contribution in [1.29, 1.82) is 0 Å². The van der Waals surface area contributed by atoms with Crippen molar-refractivity contribution in [3.8, 4) is 5.75 Å². The molecule has 4 rings (SSSR count). The van der Waals surface area contributed by atoms with Gasteiger partial charge in [-0.3, -0.25) is 0 Å². The van der Waals surface area contributed by atoms with Crippen molar-refractivity contribution >= 4 is 11.9 Å². The summed E-state index contributed by atoms with van der Waals surface area (Å²) in [5, 5.41) is 14.9. The minimum absolute atomic E-state index is 0.275. The van der Waals surface area contributed by atoms with E-state index in [2.05, 4.69) is 20.8 Å². The second kappa shape index (κ2) is 8.14. The third kappa shape index (κ3) is 3.69. The molecule has 3 aromatic rings. The number of nitrogens with zero attached hydrogens (tertiary/aromatic N) is 4. The van der Waals surface area contributed by atoms with Crippen LogP contribution in [0.4, 0.5) is 5.95 Å². The smallest absolute Gasteiger partial charge is 0.338 e. The molecular formula is C21H21N5O3. The molecule has 0 saturated carbocycles. The van der Waals surface area contributed by atoms with E-state index in [0.29, 0.717) is 29.6 Å². The van der Waals surface area contributed by atoms with Crippen LogP contribution in [0, 0.1) is 0 Å². The van der Waals surface area contributed by atoms with Crippen LogP contribution in [0.5, 0.6) is 5.75 Å². The molecule has 0 fully saturated rings. The van der Waals surface area contributed by atoms with Crippen molar-refractivity contribution in [2.45, 2.75) is 26.5 Å². The Balaban J connectivity index is 1.75. The van der Waals surface area contributed by atoms with E-state index in [4.69, 9.17) is 9.47 Å². The molecule has 0 aliphatic carbocycles. The first-order valence-corrected chi connectivity index (χ1v) is 9.37. The van der Waals surface area contributed by atoms with Gasteiger partial charge in [0.25, 0.3) is 0 Å². The number of rotatable bonds is 6. The molecule has 8 nitrogen and oxygen atoms in total. The maximum atomic E-state index is 12.8. The zero-order chi connectivity index (χ0) is 20.2. The average Bonchev–Trinajstić information content (AvgIpc) is 3.20. The number of anilines is 1. The summed E-state index contributed by atoms with van der Waals surface area (Å²) in [5.74, 6) is 0.694. The van der Waals surface area contributed by atoms with Gasteiger partial charge in [-0.2, -0.15) is 4.68 Å². The fourth-order valence-electron chi connectivity index (χ4n) is 3.35. The summed E-state index contributed by atoms with van der Waals surface area (Å²) in [6.07, 6.45) is 0. The quantitative estimate of drug-likeness (QED) is 0.646. The topological polar surface area (TPSA) is 91.2 Å². The number of para-hydroxylation sites is 1. The van der Waals surface area contributed by atoms with Gasteiger partial charge in [0.1, 0.15) is 18.4 Å². The Morgan fingerprint density at radius 1 is 1.14 bits per heavy atom. The first-order chi connectivity index (χ1) is 14.2. The second-order valence-electron chi connectivity index (χ2n) is 6.55. The maximum absolute atomic E-state index is 12.8. The minimum Gasteiger partial charge on any atom is -0.489 e. The van der Waals surface area contributed by atoms with E-state index in [1.54, 1.807) is 11.6 Å². The normalized spacial score (nSPS) is 15.4. The average molecular weight is 391 g/mol. The summed E-state index contributed by atoms with van der Waals surface area (Å²) in [4.78, 5) is 12.8. The number of benzene rings is 2. The predicted octanol–water partition coefficient (Wildman–Crippen LogP) is 3.10. The Kier molecular flexibility index (Phi) is 5.24. The number of carbonyl (C=O) groups is 1. The Hall–Kier alpha value is -3.68. The van der Waals surface area contributed by atoms with Gasteiger partial charge < -0.3 is 14.8 Å². The van der Waals surface area contributed by atoms with Gasteiger partial charge in [-0.25, -0.2) is 4.79 Å². The van der Waals surface area contributed by atoms with Gasteiger partial charge in [-0.15, -0.1) is 0 Å². The molecule has 8 heteroatoms. The predicted molar refractivity (Wildman–Crippen MR) is 106 cm³/mol. The van der Waals surface area contributed by atoms with Gasteiger partial charge >= 0.3 is 5.97 Å². The van der Waals surface area contributed by atoms with Gasteiger partial charge in [0.2, 0.25) is 5.95 Å². The van der Waals surface area contributed by atoms with Crippen LogP contribution in [0.3, 0.4) is 0 Å². The highest BCUT2D eigenvalue weighted by Crippen LogP contribution is 2.39. The second-order valence-corrected chi connectivity index (χ2v) is 6.55. The third-order valence-corrected chi connectivity index (χ3v) is 4.66. The van der Waals surface area contributed by atoms with Crippen LogP contribution < -0.4 is 10.1 Å². The van der Waals surface area contributed by atoms with Crippen LogP contribution in [-0.4, -0.2) is 32.8 Å². The van der Waals surface area contributed by atoms with Crippen LogP contribution in [-0.2, 0) is 16.1 Å². The molecule has 1 atom stereocenters. The van der Waals surface area contributed by atoms with Crippen LogP contribution in [0.15, 0.2) is 65.9 Å². The highest BCUT2D eigenvalue weighted by molar-refractivity contribution is 5.92. The number of ether oxygens (including phenoxy) is 2. The van der Waals surface area contributed by atoms with E-state index in [9.17, 15) is 4.79 Å². The van der Waals surface area contributed by atoms with Crippen LogP contribution >= 0.6 is 0 Å². The number of hydrogen-bond donors (Lipinski definition) is 1. The molecule has 0 amide bonds. The Labute approximate surface area is 168 Å². The zero-order valence-corrected chi connectivity index (χ0v) is 16.2. The number of hydrogen-bond acceptors (Lipinski definition) is 7. The number of tetrazole rings is 1. The van der Waals surface area contributed by atoms with Crippen LogP contribution in [0.2, 0.25) is 0 Å². The monoisotopic (exact) mass is 391 g/mol. The molecule has 1 aliphatic rings. The largest absolute Gasteiger partial charge is 0.489 e. The van der Waals surface area contributed by atoms with Crippen LogP contribution in [0.1, 0.15) is 31.0 Å². The maximum Gasteiger partial charge on any atom is 0.338 e. The molecule has 0 bridgehead atoms. The standard InChI is InChI=1S/C21H21N5O3/c1-3-28-20(27)18-14(2)22-21-23-24-25-26(21)19(18)16-11-7-8-12-17(16)29-13-15-9-5-4-6-10-15/h4-12,19H,3,13H2,1-2H3,(H,22,23,25). The zero-order valence-electron chi connectivity index (χ0n) is 16.2. The summed E-state index contributed by atoms with van der Waals surface area (Å²) in [6.45, 7) is 4.27. The fraction of sp³-hybridized carbons (Fsp3) is 0.238. The van der Waals surface area contributed by atoms with Crippen molar-refractivity contribution in [3.05, 3.63) is 77.0 Å². The Bertz CT molecular complexity index is 1050. The minimum atomic E-state index is -0.563. The molecule has 29 heavy (non-hydrogen) atoms. The Morgan fingerprint density at radius 3 is 2.69 bits per heavy atom. The highest BCUT2D eigenvalue weighted by atomic mass is 16.5. The van der Waals surface area contributed by atoms with E-state index in [1.807, 2.05) is 61.5 Å². The molecule has 2 heterocycles. The first-order valence-electron chi connectivity index (χ1n) is 9.37. The summed E-state index contributed by atoms with van der Waals surface area (Å²) in [5.41, 5.74) is 2.92. The van der Waals surface area contributed by atoms with Gasteiger partial charge in [-0.05, 0) is 35.9 Å². The van der Waals surface area contributed by atoms with Crippen molar-refractivity contribution in [2.24, 2.45) is 0 Å². The van der Waals surface area contributed by atoms with Gasteiger partial charge in [0.15, 0.2) is 0 Å². The first kappa shape index (κ1) is 18.7. The molecule has 1 aliphatic heterocycles. The summed E-state index contributed by atoms with van der Waals surface area (Å²) >= 11 is 0. The molecule has 0 saturated heterocycles. The highest BCUT2D eigenvalue weighted by Gasteiger charge is 2.36. The van der Waals surface area contributed by atoms with Crippen molar-refractivity contribution < 1.29 is 14.3 Å². The third-order valence-electron chi connectivity index (χ3n) is 4.66. The lowest BCUT2D eigenvalue weighted by molar-refractivity contribution is -0.139. The molecule has 1 unspecified atom stereocenters. The molecule has 1 N–H and O–H groups in total. The van der Waals surface area contributed by atoms with E-state index in [-0.39, 0.29) is 6.61 Å². The lowest BCUT2D eigenvalue weighted by Crippen LogP contribution is -2.30. The van der Waals surface area contributed by atoms with E-state index in [1.165, 1.54) is 0 Å². The molecule has 0 spiro atoms. The molecular weight excluding hydrogens is 370 g/mol. The van der Waals surface area contributed by atoms with Gasteiger partial charge in [0.05, 0.1) is 12.2 Å². The number of carbonyl (C=O) groups excluding carboxylic acids is 1. The molecule has 0 radical (unpaired) electrons. The van der Waals surface area contributed by atoms with E-state index in [0.717, 1.165) is 11.1 Å². The summed E-state index contributed by atoms with van der Waals surface area (Å²) in [7, 11) is 0. The fourth-order valence-corrected chi connectivity index (χ4v) is 3.35. The molecule has 1 aromatic heterocycles. The van der Waals surface area contributed by atoms with E-state index >= 15 is 0 Å². The van der Waals surface area contributed by atoms with Crippen LogP contribution in [0.25, 0.3) is 0 Å². The molecule has 2 aromatic carbocycles. The summed E-state index contributed by atoms with van der Waals surface area (Å²) < 4.78 is 13.0.